The van der Waals surface area contributed by atoms with E-state index >= 15 is 0 Å². The Bertz CT molecular complexity index is 411. The van der Waals surface area contributed by atoms with Crippen LogP contribution in [0.25, 0.3) is 0 Å². The smallest absolute Gasteiger partial charge is 0.160 e. The third-order valence-corrected chi connectivity index (χ3v) is 3.44. The van der Waals surface area contributed by atoms with E-state index in [0.717, 1.165) is 29.7 Å². The Morgan fingerprint density at radius 1 is 1.59 bits per heavy atom. The molecule has 0 aliphatic carbocycles. The van der Waals surface area contributed by atoms with E-state index in [2.05, 4.69) is 15.9 Å². The molecule has 1 saturated heterocycles. The SMILES string of the molecule is CC(=O)c1ccc(OCC2CCCO2)cc1Br. The van der Waals surface area contributed by atoms with E-state index < -0.39 is 0 Å². The van der Waals surface area contributed by atoms with Crippen LogP contribution < -0.4 is 4.74 Å². The normalized spacial score (nSPS) is 19.3. The average molecular weight is 299 g/mol. The molecule has 2 rings (SSSR count). The van der Waals surface area contributed by atoms with Crippen LogP contribution in [0.15, 0.2) is 22.7 Å². The first-order valence-corrected chi connectivity index (χ1v) is 6.51. The fourth-order valence-electron chi connectivity index (χ4n) is 1.84. The van der Waals surface area contributed by atoms with Crippen molar-refractivity contribution in [3.63, 3.8) is 0 Å². The Labute approximate surface area is 109 Å². The lowest BCUT2D eigenvalue weighted by Crippen LogP contribution is -2.16. The van der Waals surface area contributed by atoms with Gasteiger partial charge in [-0.3, -0.25) is 4.79 Å². The monoisotopic (exact) mass is 298 g/mol. The molecule has 0 N–H and O–H groups in total. The van der Waals surface area contributed by atoms with Gasteiger partial charge in [-0.1, -0.05) is 0 Å². The molecule has 1 heterocycles. The van der Waals surface area contributed by atoms with Crippen LogP contribution in [0.1, 0.15) is 30.1 Å². The van der Waals surface area contributed by atoms with Gasteiger partial charge in [0.25, 0.3) is 0 Å². The Balaban J connectivity index is 1.97. The molecule has 0 amide bonds. The molecule has 1 aromatic rings. The van der Waals surface area contributed by atoms with Crippen molar-refractivity contribution in [1.82, 2.24) is 0 Å². The maximum atomic E-state index is 11.3. The molecule has 0 bridgehead atoms. The summed E-state index contributed by atoms with van der Waals surface area (Å²) >= 11 is 3.37. The van der Waals surface area contributed by atoms with E-state index in [1.54, 1.807) is 13.0 Å². The highest BCUT2D eigenvalue weighted by molar-refractivity contribution is 9.10. The number of benzene rings is 1. The molecule has 0 saturated carbocycles. The van der Waals surface area contributed by atoms with Gasteiger partial charge in [0.05, 0.1) is 6.10 Å². The van der Waals surface area contributed by atoms with Crippen molar-refractivity contribution in [3.8, 4) is 5.75 Å². The second-order valence-electron chi connectivity index (χ2n) is 4.14. The van der Waals surface area contributed by atoms with Crippen molar-refractivity contribution >= 4 is 21.7 Å². The number of hydrogen-bond donors (Lipinski definition) is 0. The van der Waals surface area contributed by atoms with Crippen molar-refractivity contribution < 1.29 is 14.3 Å². The zero-order chi connectivity index (χ0) is 12.3. The number of carbonyl (C=O) groups excluding carboxylic acids is 1. The van der Waals surface area contributed by atoms with Crippen LogP contribution in [0.4, 0.5) is 0 Å². The highest BCUT2D eigenvalue weighted by Gasteiger charge is 2.16. The minimum absolute atomic E-state index is 0.0440. The molecule has 1 aliphatic heterocycles. The second-order valence-corrected chi connectivity index (χ2v) is 5.00. The van der Waals surface area contributed by atoms with E-state index in [-0.39, 0.29) is 11.9 Å². The van der Waals surface area contributed by atoms with Crippen LogP contribution in [-0.4, -0.2) is 25.1 Å². The van der Waals surface area contributed by atoms with Crippen molar-refractivity contribution in [3.05, 3.63) is 28.2 Å². The van der Waals surface area contributed by atoms with E-state index in [0.29, 0.717) is 12.2 Å². The first-order valence-electron chi connectivity index (χ1n) is 5.71. The molecular formula is C13H15BrO3. The minimum atomic E-state index is 0.0440. The van der Waals surface area contributed by atoms with Crippen LogP contribution in [0.3, 0.4) is 0 Å². The van der Waals surface area contributed by atoms with E-state index in [4.69, 9.17) is 9.47 Å². The minimum Gasteiger partial charge on any atom is -0.491 e. The summed E-state index contributed by atoms with van der Waals surface area (Å²) in [5, 5.41) is 0. The summed E-state index contributed by atoms with van der Waals surface area (Å²) in [6.07, 6.45) is 2.38. The predicted molar refractivity (Wildman–Crippen MR) is 68.6 cm³/mol. The standard InChI is InChI=1S/C13H15BrO3/c1-9(15)12-5-4-10(7-13(12)14)17-8-11-3-2-6-16-11/h4-5,7,11H,2-3,6,8H2,1H3. The maximum Gasteiger partial charge on any atom is 0.160 e. The molecule has 17 heavy (non-hydrogen) atoms. The summed E-state index contributed by atoms with van der Waals surface area (Å²) in [5.74, 6) is 0.805. The van der Waals surface area contributed by atoms with Crippen molar-refractivity contribution in [2.24, 2.45) is 0 Å². The largest absolute Gasteiger partial charge is 0.491 e. The lowest BCUT2D eigenvalue weighted by atomic mass is 10.1. The number of Topliss-reactive ketones (excluding diaryl/α,β-unsaturated/α-hetero) is 1. The van der Waals surface area contributed by atoms with Gasteiger partial charge in [-0.05, 0) is 53.9 Å². The van der Waals surface area contributed by atoms with Crippen LogP contribution in [-0.2, 0) is 4.74 Å². The van der Waals surface area contributed by atoms with E-state index in [1.165, 1.54) is 0 Å². The van der Waals surface area contributed by atoms with Crippen LogP contribution in [0.5, 0.6) is 5.75 Å². The zero-order valence-corrected chi connectivity index (χ0v) is 11.3. The predicted octanol–water partition coefficient (Wildman–Crippen LogP) is 3.21. The molecule has 1 aromatic carbocycles. The number of ether oxygens (including phenoxy) is 2. The van der Waals surface area contributed by atoms with Crippen LogP contribution in [0.2, 0.25) is 0 Å². The Morgan fingerprint density at radius 2 is 2.41 bits per heavy atom. The Morgan fingerprint density at radius 3 is 3.00 bits per heavy atom. The van der Waals surface area contributed by atoms with Gasteiger partial charge in [-0.2, -0.15) is 0 Å². The van der Waals surface area contributed by atoms with Gasteiger partial charge in [0, 0.05) is 16.6 Å². The maximum absolute atomic E-state index is 11.3. The second kappa shape index (κ2) is 5.65. The first kappa shape index (κ1) is 12.6. The van der Waals surface area contributed by atoms with Crippen LogP contribution in [0, 0.1) is 0 Å². The third kappa shape index (κ3) is 3.30. The number of hydrogen-bond acceptors (Lipinski definition) is 3. The number of halogens is 1. The van der Waals surface area contributed by atoms with Gasteiger partial charge in [0.2, 0.25) is 0 Å². The Kier molecular flexibility index (Phi) is 4.18. The molecule has 1 unspecified atom stereocenters. The van der Waals surface area contributed by atoms with Gasteiger partial charge in [-0.25, -0.2) is 0 Å². The van der Waals surface area contributed by atoms with Crippen molar-refractivity contribution in [1.29, 1.82) is 0 Å². The van der Waals surface area contributed by atoms with Crippen molar-refractivity contribution in [2.75, 3.05) is 13.2 Å². The third-order valence-electron chi connectivity index (χ3n) is 2.78. The summed E-state index contributed by atoms with van der Waals surface area (Å²) in [6, 6.07) is 5.42. The lowest BCUT2D eigenvalue weighted by Gasteiger charge is -2.12. The topological polar surface area (TPSA) is 35.5 Å². The molecule has 92 valence electrons. The molecule has 3 nitrogen and oxygen atoms in total. The molecular weight excluding hydrogens is 284 g/mol. The van der Waals surface area contributed by atoms with Gasteiger partial charge in [0.15, 0.2) is 5.78 Å². The van der Waals surface area contributed by atoms with E-state index in [1.807, 2.05) is 12.1 Å². The number of rotatable bonds is 4. The first-order chi connectivity index (χ1) is 8.16. The molecule has 0 aromatic heterocycles. The molecule has 1 atom stereocenters. The van der Waals surface area contributed by atoms with Gasteiger partial charge in [-0.15, -0.1) is 0 Å². The van der Waals surface area contributed by atoms with E-state index in [9.17, 15) is 4.79 Å². The average Bonchev–Trinajstić information content (AvgIpc) is 2.78. The summed E-state index contributed by atoms with van der Waals surface area (Å²) in [5.41, 5.74) is 0.675. The number of ketones is 1. The zero-order valence-electron chi connectivity index (χ0n) is 9.74. The summed E-state index contributed by atoms with van der Waals surface area (Å²) in [4.78, 5) is 11.3. The fourth-order valence-corrected chi connectivity index (χ4v) is 2.47. The van der Waals surface area contributed by atoms with Crippen LogP contribution >= 0.6 is 15.9 Å². The molecule has 0 radical (unpaired) electrons. The van der Waals surface area contributed by atoms with Gasteiger partial charge in [0.1, 0.15) is 12.4 Å². The summed E-state index contributed by atoms with van der Waals surface area (Å²) in [7, 11) is 0. The molecule has 4 heteroatoms. The highest BCUT2D eigenvalue weighted by atomic mass is 79.9. The molecule has 1 fully saturated rings. The van der Waals surface area contributed by atoms with Crippen molar-refractivity contribution in [2.45, 2.75) is 25.9 Å². The molecule has 1 aliphatic rings. The quantitative estimate of drug-likeness (QED) is 0.801. The summed E-state index contributed by atoms with van der Waals surface area (Å²) in [6.45, 7) is 2.96. The number of carbonyl (C=O) groups is 1. The lowest BCUT2D eigenvalue weighted by molar-refractivity contribution is 0.0679. The van der Waals surface area contributed by atoms with Gasteiger partial charge >= 0.3 is 0 Å². The fraction of sp³-hybridized carbons (Fsp3) is 0.462. The van der Waals surface area contributed by atoms with Gasteiger partial charge < -0.3 is 9.47 Å². The molecule has 0 spiro atoms. The Hall–Kier alpha value is -0.870. The highest BCUT2D eigenvalue weighted by Crippen LogP contribution is 2.24. The summed E-state index contributed by atoms with van der Waals surface area (Å²) < 4.78 is 11.9.